The average Bonchev–Trinajstić information content (AvgIpc) is 2.98. The third kappa shape index (κ3) is 2.37. The molecule has 0 spiro atoms. The third-order valence-electron chi connectivity index (χ3n) is 3.28. The van der Waals surface area contributed by atoms with E-state index in [1.54, 1.807) is 11.3 Å². The molecule has 4 nitrogen and oxygen atoms in total. The van der Waals surface area contributed by atoms with Gasteiger partial charge in [-0.05, 0) is 40.9 Å². The summed E-state index contributed by atoms with van der Waals surface area (Å²) in [5, 5.41) is 14.0. The van der Waals surface area contributed by atoms with Crippen LogP contribution in [0.15, 0.2) is 20.4 Å². The lowest BCUT2D eigenvalue weighted by Crippen LogP contribution is -2.22. The number of aliphatic hydroxyl groups excluding tert-OH is 1. The molecule has 0 amide bonds. The number of hydrogen-bond acceptors (Lipinski definition) is 5. The predicted octanol–water partition coefficient (Wildman–Crippen LogP) is 3.58. The van der Waals surface area contributed by atoms with Crippen molar-refractivity contribution in [1.82, 2.24) is 10.1 Å². The lowest BCUT2D eigenvalue weighted by atomic mass is 9.86. The van der Waals surface area contributed by atoms with Gasteiger partial charge in [0.1, 0.15) is 0 Å². The highest BCUT2D eigenvalue weighted by Crippen LogP contribution is 2.34. The quantitative estimate of drug-likeness (QED) is 0.915. The van der Waals surface area contributed by atoms with Crippen LogP contribution in [0.25, 0.3) is 10.7 Å². The van der Waals surface area contributed by atoms with Crippen molar-refractivity contribution in [2.24, 2.45) is 0 Å². The molecule has 1 saturated carbocycles. The number of nitrogens with zero attached hydrogens (tertiary/aromatic N) is 2. The topological polar surface area (TPSA) is 59.2 Å². The summed E-state index contributed by atoms with van der Waals surface area (Å²) in [5.74, 6) is 1.18. The normalized spacial score (nSPS) is 24.3. The lowest BCUT2D eigenvalue weighted by Gasteiger charge is -2.24. The van der Waals surface area contributed by atoms with Crippen LogP contribution in [0.2, 0.25) is 0 Å². The van der Waals surface area contributed by atoms with E-state index < -0.39 is 0 Å². The van der Waals surface area contributed by atoms with Crippen molar-refractivity contribution in [2.75, 3.05) is 0 Å². The molecular weight excluding hydrogens is 316 g/mol. The monoisotopic (exact) mass is 328 g/mol. The molecule has 2 aromatic rings. The van der Waals surface area contributed by atoms with Crippen LogP contribution in [0, 0.1) is 0 Å². The van der Waals surface area contributed by atoms with Gasteiger partial charge in [-0.25, -0.2) is 0 Å². The van der Waals surface area contributed by atoms with Gasteiger partial charge in [-0.3, -0.25) is 0 Å². The zero-order valence-electron chi connectivity index (χ0n) is 9.67. The lowest BCUT2D eigenvalue weighted by molar-refractivity contribution is 0.0908. The second-order valence-electron chi connectivity index (χ2n) is 4.52. The Labute approximate surface area is 117 Å². The standard InChI is InChI=1S/C12H13BrN2O2S/c13-10-6-5-9(18-10)11-14-12(17-15-11)7-3-1-2-4-8(7)16/h5-8,16H,1-4H2. The Morgan fingerprint density at radius 3 is 2.89 bits per heavy atom. The van der Waals surface area contributed by atoms with Gasteiger partial charge < -0.3 is 9.63 Å². The number of halogens is 1. The molecule has 6 heteroatoms. The van der Waals surface area contributed by atoms with Gasteiger partial charge in [-0.1, -0.05) is 18.0 Å². The van der Waals surface area contributed by atoms with Crippen LogP contribution in [-0.4, -0.2) is 21.4 Å². The maximum absolute atomic E-state index is 9.97. The Morgan fingerprint density at radius 1 is 1.33 bits per heavy atom. The zero-order chi connectivity index (χ0) is 12.5. The van der Waals surface area contributed by atoms with Crippen LogP contribution < -0.4 is 0 Å². The van der Waals surface area contributed by atoms with Gasteiger partial charge in [0, 0.05) is 0 Å². The Kier molecular flexibility index (Phi) is 3.50. The smallest absolute Gasteiger partial charge is 0.232 e. The van der Waals surface area contributed by atoms with Gasteiger partial charge in [-0.2, -0.15) is 4.98 Å². The first kappa shape index (κ1) is 12.3. The van der Waals surface area contributed by atoms with E-state index in [1.807, 2.05) is 12.1 Å². The minimum absolute atomic E-state index is 0.00315. The number of aromatic nitrogens is 2. The molecule has 2 atom stereocenters. The van der Waals surface area contributed by atoms with Crippen LogP contribution in [0.5, 0.6) is 0 Å². The van der Waals surface area contributed by atoms with Crippen molar-refractivity contribution in [3.63, 3.8) is 0 Å². The molecule has 1 aliphatic rings. The fourth-order valence-electron chi connectivity index (χ4n) is 2.32. The number of rotatable bonds is 2. The van der Waals surface area contributed by atoms with Gasteiger partial charge in [0.25, 0.3) is 0 Å². The van der Waals surface area contributed by atoms with E-state index in [4.69, 9.17) is 4.52 Å². The van der Waals surface area contributed by atoms with E-state index in [2.05, 4.69) is 26.1 Å². The maximum Gasteiger partial charge on any atom is 0.232 e. The fraction of sp³-hybridized carbons (Fsp3) is 0.500. The molecule has 0 bridgehead atoms. The molecule has 96 valence electrons. The fourth-order valence-corrected chi connectivity index (χ4v) is 3.63. The van der Waals surface area contributed by atoms with Gasteiger partial charge in [0.2, 0.25) is 11.7 Å². The second kappa shape index (κ2) is 5.11. The molecule has 3 rings (SSSR count). The van der Waals surface area contributed by atoms with Crippen LogP contribution in [-0.2, 0) is 0 Å². The molecule has 2 heterocycles. The number of thiophene rings is 1. The largest absolute Gasteiger partial charge is 0.392 e. The number of aliphatic hydroxyl groups is 1. The van der Waals surface area contributed by atoms with E-state index in [1.165, 1.54) is 0 Å². The summed E-state index contributed by atoms with van der Waals surface area (Å²) < 4.78 is 6.35. The van der Waals surface area contributed by atoms with Crippen molar-refractivity contribution in [3.05, 3.63) is 21.8 Å². The van der Waals surface area contributed by atoms with E-state index >= 15 is 0 Å². The highest BCUT2D eigenvalue weighted by molar-refractivity contribution is 9.11. The molecule has 0 saturated heterocycles. The molecule has 1 N–H and O–H groups in total. The summed E-state index contributed by atoms with van der Waals surface area (Å²) in [4.78, 5) is 5.39. The molecule has 1 fully saturated rings. The summed E-state index contributed by atoms with van der Waals surface area (Å²) in [5.41, 5.74) is 0. The Hall–Kier alpha value is -0.720. The zero-order valence-corrected chi connectivity index (χ0v) is 12.1. The SMILES string of the molecule is OC1CCCCC1c1nc(-c2ccc(Br)s2)no1. The predicted molar refractivity (Wildman–Crippen MR) is 72.5 cm³/mol. The van der Waals surface area contributed by atoms with E-state index in [0.717, 1.165) is 34.3 Å². The summed E-state index contributed by atoms with van der Waals surface area (Å²) in [7, 11) is 0. The van der Waals surface area contributed by atoms with Crippen LogP contribution >= 0.6 is 27.3 Å². The molecule has 0 radical (unpaired) electrons. The molecule has 0 aliphatic heterocycles. The third-order valence-corrected chi connectivity index (χ3v) is 4.90. The van der Waals surface area contributed by atoms with Crippen LogP contribution in [0.3, 0.4) is 0 Å². The van der Waals surface area contributed by atoms with Crippen molar-refractivity contribution >= 4 is 27.3 Å². The Balaban J connectivity index is 1.84. The van der Waals surface area contributed by atoms with E-state index in [0.29, 0.717) is 11.7 Å². The summed E-state index contributed by atoms with van der Waals surface area (Å²) in [6.07, 6.45) is 3.60. The highest BCUT2D eigenvalue weighted by atomic mass is 79.9. The van der Waals surface area contributed by atoms with Crippen LogP contribution in [0.1, 0.15) is 37.5 Å². The first-order valence-electron chi connectivity index (χ1n) is 6.01. The second-order valence-corrected chi connectivity index (χ2v) is 6.98. The molecule has 2 unspecified atom stereocenters. The molecule has 18 heavy (non-hydrogen) atoms. The molecule has 0 aromatic carbocycles. The van der Waals surface area contributed by atoms with Crippen LogP contribution in [0.4, 0.5) is 0 Å². The molecular formula is C12H13BrN2O2S. The van der Waals surface area contributed by atoms with Crippen molar-refractivity contribution in [2.45, 2.75) is 37.7 Å². The van der Waals surface area contributed by atoms with Crippen molar-refractivity contribution in [3.8, 4) is 10.7 Å². The van der Waals surface area contributed by atoms with Gasteiger partial charge in [0.05, 0.1) is 20.7 Å². The highest BCUT2D eigenvalue weighted by Gasteiger charge is 2.29. The minimum atomic E-state index is -0.345. The summed E-state index contributed by atoms with van der Waals surface area (Å²) >= 11 is 4.99. The Bertz CT molecular complexity index is 540. The Morgan fingerprint density at radius 2 is 2.17 bits per heavy atom. The van der Waals surface area contributed by atoms with Gasteiger partial charge in [0.15, 0.2) is 0 Å². The van der Waals surface area contributed by atoms with Crippen molar-refractivity contribution < 1.29 is 9.63 Å². The first-order valence-corrected chi connectivity index (χ1v) is 7.62. The van der Waals surface area contributed by atoms with E-state index in [-0.39, 0.29) is 12.0 Å². The first-order chi connectivity index (χ1) is 8.74. The molecule has 1 aliphatic carbocycles. The minimum Gasteiger partial charge on any atom is -0.392 e. The average molecular weight is 329 g/mol. The van der Waals surface area contributed by atoms with Gasteiger partial charge in [-0.15, -0.1) is 11.3 Å². The maximum atomic E-state index is 9.97. The summed E-state index contributed by atoms with van der Waals surface area (Å²) in [6, 6.07) is 3.92. The molecule has 2 aromatic heterocycles. The summed E-state index contributed by atoms with van der Waals surface area (Å²) in [6.45, 7) is 0. The van der Waals surface area contributed by atoms with Crippen molar-refractivity contribution in [1.29, 1.82) is 0 Å². The number of hydrogen-bond donors (Lipinski definition) is 1. The van der Waals surface area contributed by atoms with Gasteiger partial charge >= 0.3 is 0 Å². The van der Waals surface area contributed by atoms with E-state index in [9.17, 15) is 5.11 Å².